The van der Waals surface area contributed by atoms with E-state index in [-0.39, 0.29) is 5.91 Å². The third-order valence-electron chi connectivity index (χ3n) is 3.32. The van der Waals surface area contributed by atoms with Crippen LogP contribution in [-0.2, 0) is 4.79 Å². The van der Waals surface area contributed by atoms with Gasteiger partial charge in [0.2, 0.25) is 0 Å². The van der Waals surface area contributed by atoms with Crippen molar-refractivity contribution >= 4 is 57.8 Å². The molecule has 1 saturated heterocycles. The average Bonchev–Trinajstić information content (AvgIpc) is 2.86. The molecular formula is C17H13Cl2N3OS. The van der Waals surface area contributed by atoms with Gasteiger partial charge in [0.05, 0.1) is 16.8 Å². The van der Waals surface area contributed by atoms with Crippen molar-refractivity contribution in [2.24, 2.45) is 4.99 Å². The lowest BCUT2D eigenvalue weighted by Crippen LogP contribution is -2.28. The molecule has 122 valence electrons. The molecule has 1 aromatic carbocycles. The van der Waals surface area contributed by atoms with Crippen LogP contribution >= 0.6 is 35.0 Å². The molecule has 1 aliphatic heterocycles. The minimum atomic E-state index is -0.0869. The van der Waals surface area contributed by atoms with E-state index < -0.39 is 0 Å². The van der Waals surface area contributed by atoms with Gasteiger partial charge in [-0.15, -0.1) is 0 Å². The molecule has 4 nitrogen and oxygen atoms in total. The Labute approximate surface area is 154 Å². The molecule has 3 rings (SSSR count). The van der Waals surface area contributed by atoms with Crippen LogP contribution in [0.15, 0.2) is 52.6 Å². The first-order valence-electron chi connectivity index (χ1n) is 7.23. The molecule has 2 heterocycles. The van der Waals surface area contributed by atoms with E-state index in [2.05, 4.69) is 9.98 Å². The van der Waals surface area contributed by atoms with E-state index in [0.29, 0.717) is 32.4 Å². The summed E-state index contributed by atoms with van der Waals surface area (Å²) in [5.41, 5.74) is 1.45. The Kier molecular flexibility index (Phi) is 5.23. The monoisotopic (exact) mass is 377 g/mol. The van der Waals surface area contributed by atoms with Crippen molar-refractivity contribution < 1.29 is 4.79 Å². The Morgan fingerprint density at radius 1 is 1.33 bits per heavy atom. The molecular weight excluding hydrogens is 365 g/mol. The van der Waals surface area contributed by atoms with Gasteiger partial charge in [0.25, 0.3) is 5.91 Å². The summed E-state index contributed by atoms with van der Waals surface area (Å²) in [7, 11) is 0. The SMILES string of the molecule is CCN1C(=O)/C(=C/c2ccc(Cl)cc2Cl)SC1=Nc1cccnc1. The number of hydrogen-bond donors (Lipinski definition) is 0. The number of carbonyl (C=O) groups is 1. The van der Waals surface area contributed by atoms with Crippen molar-refractivity contribution in [2.45, 2.75) is 6.92 Å². The van der Waals surface area contributed by atoms with Gasteiger partial charge in [-0.1, -0.05) is 29.3 Å². The van der Waals surface area contributed by atoms with Crippen molar-refractivity contribution in [1.82, 2.24) is 9.88 Å². The van der Waals surface area contributed by atoms with Gasteiger partial charge in [0.15, 0.2) is 5.17 Å². The lowest BCUT2D eigenvalue weighted by Gasteiger charge is -2.11. The number of pyridine rings is 1. The average molecular weight is 378 g/mol. The van der Waals surface area contributed by atoms with Crippen LogP contribution in [0.25, 0.3) is 6.08 Å². The molecule has 7 heteroatoms. The van der Waals surface area contributed by atoms with Crippen molar-refractivity contribution in [1.29, 1.82) is 0 Å². The fourth-order valence-electron chi connectivity index (χ4n) is 2.16. The number of likely N-dealkylation sites (N-methyl/N-ethyl adjacent to an activating group) is 1. The summed E-state index contributed by atoms with van der Waals surface area (Å²) in [4.78, 5) is 23.4. The number of halogens is 2. The summed E-state index contributed by atoms with van der Waals surface area (Å²) in [6.07, 6.45) is 5.10. The largest absolute Gasteiger partial charge is 0.287 e. The summed E-state index contributed by atoms with van der Waals surface area (Å²) in [5, 5.41) is 1.69. The number of rotatable bonds is 3. The fraction of sp³-hybridized carbons (Fsp3) is 0.118. The second kappa shape index (κ2) is 7.38. The molecule has 1 fully saturated rings. The zero-order valence-electron chi connectivity index (χ0n) is 12.7. The molecule has 0 bridgehead atoms. The Hall–Kier alpha value is -1.82. The first kappa shape index (κ1) is 17.0. The third kappa shape index (κ3) is 3.64. The Morgan fingerprint density at radius 3 is 2.83 bits per heavy atom. The van der Waals surface area contributed by atoms with Crippen LogP contribution < -0.4 is 0 Å². The highest BCUT2D eigenvalue weighted by Gasteiger charge is 2.32. The van der Waals surface area contributed by atoms with Crippen LogP contribution in [0.3, 0.4) is 0 Å². The molecule has 0 aliphatic carbocycles. The fourth-order valence-corrected chi connectivity index (χ4v) is 3.68. The topological polar surface area (TPSA) is 45.6 Å². The van der Waals surface area contributed by atoms with Gasteiger partial charge in [-0.05, 0) is 54.6 Å². The molecule has 0 atom stereocenters. The Bertz CT molecular complexity index is 837. The van der Waals surface area contributed by atoms with Crippen LogP contribution in [0.5, 0.6) is 0 Å². The van der Waals surface area contributed by atoms with E-state index in [1.54, 1.807) is 47.6 Å². The van der Waals surface area contributed by atoms with Crippen molar-refractivity contribution in [3.63, 3.8) is 0 Å². The highest BCUT2D eigenvalue weighted by atomic mass is 35.5. The predicted octanol–water partition coefficient (Wildman–Crippen LogP) is 5.01. The predicted molar refractivity (Wildman–Crippen MR) is 101 cm³/mol. The van der Waals surface area contributed by atoms with Gasteiger partial charge in [-0.25, -0.2) is 4.99 Å². The second-order valence-corrected chi connectivity index (χ2v) is 6.78. The van der Waals surface area contributed by atoms with Crippen LogP contribution in [0.2, 0.25) is 10.0 Å². The summed E-state index contributed by atoms with van der Waals surface area (Å²) < 4.78 is 0. The maximum Gasteiger partial charge on any atom is 0.266 e. The van der Waals surface area contributed by atoms with Crippen LogP contribution in [-0.4, -0.2) is 27.5 Å². The van der Waals surface area contributed by atoms with Crippen molar-refractivity contribution in [3.05, 3.63) is 63.2 Å². The van der Waals surface area contributed by atoms with E-state index >= 15 is 0 Å². The Morgan fingerprint density at radius 2 is 2.17 bits per heavy atom. The van der Waals surface area contributed by atoms with Crippen molar-refractivity contribution in [2.75, 3.05) is 6.54 Å². The number of hydrogen-bond acceptors (Lipinski definition) is 4. The number of amides is 1. The molecule has 1 amide bonds. The van der Waals surface area contributed by atoms with Gasteiger partial charge >= 0.3 is 0 Å². The van der Waals surface area contributed by atoms with Crippen LogP contribution in [0.1, 0.15) is 12.5 Å². The lowest BCUT2D eigenvalue weighted by atomic mass is 10.2. The number of carbonyl (C=O) groups excluding carboxylic acids is 1. The molecule has 2 aromatic rings. The van der Waals surface area contributed by atoms with E-state index in [0.717, 1.165) is 5.56 Å². The first-order chi connectivity index (χ1) is 11.6. The quantitative estimate of drug-likeness (QED) is 0.705. The van der Waals surface area contributed by atoms with E-state index in [9.17, 15) is 4.79 Å². The van der Waals surface area contributed by atoms with Crippen LogP contribution in [0.4, 0.5) is 5.69 Å². The van der Waals surface area contributed by atoms with Gasteiger partial charge in [-0.3, -0.25) is 14.7 Å². The normalized spacial score (nSPS) is 18.0. The van der Waals surface area contributed by atoms with Crippen molar-refractivity contribution in [3.8, 4) is 0 Å². The molecule has 0 radical (unpaired) electrons. The molecule has 0 spiro atoms. The summed E-state index contributed by atoms with van der Waals surface area (Å²) in [6.45, 7) is 2.45. The van der Waals surface area contributed by atoms with Gasteiger partial charge in [0.1, 0.15) is 0 Å². The molecule has 1 aromatic heterocycles. The van der Waals surface area contributed by atoms with E-state index in [1.165, 1.54) is 11.8 Å². The van der Waals surface area contributed by atoms with Gasteiger partial charge < -0.3 is 0 Å². The lowest BCUT2D eigenvalue weighted by molar-refractivity contribution is -0.122. The third-order valence-corrected chi connectivity index (χ3v) is 4.89. The van der Waals surface area contributed by atoms with Gasteiger partial charge in [-0.2, -0.15) is 0 Å². The van der Waals surface area contributed by atoms with Crippen LogP contribution in [0, 0.1) is 0 Å². The zero-order valence-corrected chi connectivity index (χ0v) is 15.1. The number of aromatic nitrogens is 1. The first-order valence-corrected chi connectivity index (χ1v) is 8.81. The maximum atomic E-state index is 12.6. The molecule has 1 aliphatic rings. The minimum absolute atomic E-state index is 0.0869. The van der Waals surface area contributed by atoms with E-state index in [4.69, 9.17) is 23.2 Å². The smallest absolute Gasteiger partial charge is 0.266 e. The highest BCUT2D eigenvalue weighted by Crippen LogP contribution is 2.35. The standard InChI is InChI=1S/C17H13Cl2N3OS/c1-2-22-16(23)15(8-11-5-6-12(18)9-14(11)19)24-17(22)21-13-4-3-7-20-10-13/h3-10H,2H2,1H3/b15-8-,21-17?. The number of thioether (sulfide) groups is 1. The minimum Gasteiger partial charge on any atom is -0.287 e. The molecule has 0 saturated carbocycles. The number of amidine groups is 1. The summed E-state index contributed by atoms with van der Waals surface area (Å²) >= 11 is 13.4. The molecule has 0 N–H and O–H groups in total. The highest BCUT2D eigenvalue weighted by molar-refractivity contribution is 8.18. The second-order valence-electron chi connectivity index (χ2n) is 4.93. The number of benzene rings is 1. The number of nitrogens with zero attached hydrogens (tertiary/aromatic N) is 3. The number of aliphatic imine (C=N–C) groups is 1. The summed E-state index contributed by atoms with van der Waals surface area (Å²) in [6, 6.07) is 8.84. The summed E-state index contributed by atoms with van der Waals surface area (Å²) in [5.74, 6) is -0.0869. The Balaban J connectivity index is 1.95. The maximum absolute atomic E-state index is 12.6. The zero-order chi connectivity index (χ0) is 17.1. The van der Waals surface area contributed by atoms with Gasteiger partial charge in [0, 0.05) is 22.8 Å². The van der Waals surface area contributed by atoms with E-state index in [1.807, 2.05) is 13.0 Å². The molecule has 0 unspecified atom stereocenters. The molecule has 24 heavy (non-hydrogen) atoms.